The second-order valence-corrected chi connectivity index (χ2v) is 23.2. The van der Waals surface area contributed by atoms with E-state index in [1.165, 1.54) is 231 Å². The molecule has 460 valence electrons. The fourth-order valence-corrected chi connectivity index (χ4v) is 10.4. The fraction of sp³-hybridized carbons (Fsp3) is 0.814. The topological polar surface area (TPSA) is 149 Å². The molecule has 0 aromatic carbocycles. The molecule has 1 saturated heterocycles. The first-order valence-electron chi connectivity index (χ1n) is 33.7. The van der Waals surface area contributed by atoms with Gasteiger partial charge in [0.2, 0.25) is 5.91 Å². The van der Waals surface area contributed by atoms with E-state index in [1.807, 2.05) is 6.08 Å². The zero-order valence-electron chi connectivity index (χ0n) is 51.4. The molecule has 1 heterocycles. The third-order valence-electron chi connectivity index (χ3n) is 15.7. The molecular formula is C70H127NO8. The molecule has 0 radical (unpaired) electrons. The summed E-state index contributed by atoms with van der Waals surface area (Å²) >= 11 is 0. The monoisotopic (exact) mass is 1110 g/mol. The first kappa shape index (κ1) is 74.6. The molecule has 1 fully saturated rings. The molecule has 0 aromatic rings. The van der Waals surface area contributed by atoms with E-state index in [2.05, 4.69) is 79.9 Å². The molecule has 1 aliphatic rings. The van der Waals surface area contributed by atoms with Crippen molar-refractivity contribution >= 4 is 5.91 Å². The van der Waals surface area contributed by atoms with Gasteiger partial charge in [-0.15, -0.1) is 0 Å². The molecule has 1 amide bonds. The van der Waals surface area contributed by atoms with Crippen LogP contribution in [-0.2, 0) is 14.3 Å². The number of allylic oxidation sites excluding steroid dienone is 11. The number of carbonyl (C=O) groups excluding carboxylic acids is 1. The Balaban J connectivity index is 2.19. The van der Waals surface area contributed by atoms with Gasteiger partial charge in [0.25, 0.3) is 0 Å². The summed E-state index contributed by atoms with van der Waals surface area (Å²) in [4.78, 5) is 13.1. The number of carbonyl (C=O) groups is 1. The number of hydrogen-bond acceptors (Lipinski definition) is 8. The zero-order valence-corrected chi connectivity index (χ0v) is 51.4. The molecule has 6 N–H and O–H groups in total. The smallest absolute Gasteiger partial charge is 0.220 e. The minimum Gasteiger partial charge on any atom is -0.394 e. The van der Waals surface area contributed by atoms with E-state index < -0.39 is 49.5 Å². The molecule has 1 aliphatic heterocycles. The molecule has 0 aromatic heterocycles. The lowest BCUT2D eigenvalue weighted by Gasteiger charge is -2.40. The van der Waals surface area contributed by atoms with Crippen molar-refractivity contribution in [1.82, 2.24) is 5.32 Å². The Morgan fingerprint density at radius 2 is 0.759 bits per heavy atom. The van der Waals surface area contributed by atoms with Gasteiger partial charge in [-0.3, -0.25) is 4.79 Å². The molecule has 9 nitrogen and oxygen atoms in total. The number of aliphatic hydroxyl groups excluding tert-OH is 5. The van der Waals surface area contributed by atoms with E-state index in [1.54, 1.807) is 6.08 Å². The Labute approximate surface area is 487 Å². The Hall–Kier alpha value is -2.37. The normalized spacial score (nSPS) is 19.0. The highest BCUT2D eigenvalue weighted by molar-refractivity contribution is 5.76. The van der Waals surface area contributed by atoms with Crippen molar-refractivity contribution < 1.29 is 39.8 Å². The quantitative estimate of drug-likeness (QED) is 0.0261. The zero-order chi connectivity index (χ0) is 57.2. The van der Waals surface area contributed by atoms with Crippen LogP contribution in [0.5, 0.6) is 0 Å². The standard InChI is InChI=1S/C70H127NO8/c1-3-5-7-9-11-13-15-17-19-21-23-25-27-29-31-32-34-36-38-40-42-44-46-48-50-52-54-56-58-60-66(74)71-63(62-78-70-69(77)68(76)67(75)65(61-72)79-70)64(73)59-57-55-53-51-49-47-45-43-41-39-37-35-33-30-28-26-24-22-20-18-16-14-12-10-8-6-4-2/h15,17,21,23,27,29,41,43,49,51,57,59,63-65,67-70,72-73,75-77H,3-14,16,18-20,22,24-26,28,30-40,42,44-48,50,52-56,58,60-62H2,1-2H3,(H,71,74)/b17-15-,23-21-,29-27-,43-41+,51-49+,59-57+. The third-order valence-corrected chi connectivity index (χ3v) is 15.7. The van der Waals surface area contributed by atoms with Crippen LogP contribution >= 0.6 is 0 Å². The van der Waals surface area contributed by atoms with Crippen LogP contribution in [0.3, 0.4) is 0 Å². The Kier molecular flexibility index (Phi) is 55.6. The summed E-state index contributed by atoms with van der Waals surface area (Å²) in [5.74, 6) is -0.190. The summed E-state index contributed by atoms with van der Waals surface area (Å²) in [7, 11) is 0. The van der Waals surface area contributed by atoms with Crippen molar-refractivity contribution in [1.29, 1.82) is 0 Å². The van der Waals surface area contributed by atoms with Gasteiger partial charge < -0.3 is 40.3 Å². The Morgan fingerprint density at radius 1 is 0.430 bits per heavy atom. The van der Waals surface area contributed by atoms with Gasteiger partial charge in [-0.1, -0.05) is 292 Å². The highest BCUT2D eigenvalue weighted by atomic mass is 16.7. The molecule has 0 spiro atoms. The summed E-state index contributed by atoms with van der Waals surface area (Å²) in [6, 6.07) is -0.833. The molecule has 0 bridgehead atoms. The maximum atomic E-state index is 13.1. The maximum absolute atomic E-state index is 13.1. The Bertz CT molecular complexity index is 1470. The van der Waals surface area contributed by atoms with Gasteiger partial charge in [-0.25, -0.2) is 0 Å². The molecule has 0 saturated carbocycles. The van der Waals surface area contributed by atoms with Crippen LogP contribution < -0.4 is 5.32 Å². The van der Waals surface area contributed by atoms with Crippen LogP contribution in [0.2, 0.25) is 0 Å². The maximum Gasteiger partial charge on any atom is 0.220 e. The highest BCUT2D eigenvalue weighted by Crippen LogP contribution is 2.23. The van der Waals surface area contributed by atoms with Crippen LogP contribution in [0.1, 0.15) is 309 Å². The van der Waals surface area contributed by atoms with Crippen molar-refractivity contribution in [3.8, 4) is 0 Å². The van der Waals surface area contributed by atoms with Crippen LogP contribution in [0, 0.1) is 0 Å². The highest BCUT2D eigenvalue weighted by Gasteiger charge is 2.44. The number of aliphatic hydroxyl groups is 5. The number of amides is 1. The molecule has 9 heteroatoms. The average Bonchev–Trinajstić information content (AvgIpc) is 3.47. The van der Waals surface area contributed by atoms with Crippen LogP contribution in [0.15, 0.2) is 72.9 Å². The average molecular weight is 1110 g/mol. The predicted molar refractivity (Wildman–Crippen MR) is 336 cm³/mol. The van der Waals surface area contributed by atoms with E-state index >= 15 is 0 Å². The number of hydrogen-bond donors (Lipinski definition) is 6. The Morgan fingerprint density at radius 3 is 1.15 bits per heavy atom. The van der Waals surface area contributed by atoms with Gasteiger partial charge in [0.15, 0.2) is 6.29 Å². The molecular weight excluding hydrogens is 983 g/mol. The van der Waals surface area contributed by atoms with Gasteiger partial charge >= 0.3 is 0 Å². The summed E-state index contributed by atoms with van der Waals surface area (Å²) in [5, 5.41) is 54.7. The molecule has 1 rings (SSSR count). The van der Waals surface area contributed by atoms with Crippen molar-refractivity contribution in [2.75, 3.05) is 13.2 Å². The predicted octanol–water partition coefficient (Wildman–Crippen LogP) is 18.0. The number of nitrogens with one attached hydrogen (secondary N) is 1. The summed E-state index contributed by atoms with van der Waals surface area (Å²) in [6.45, 7) is 3.78. The second kappa shape index (κ2) is 58.8. The fourth-order valence-electron chi connectivity index (χ4n) is 10.4. The van der Waals surface area contributed by atoms with Crippen LogP contribution in [0.25, 0.3) is 0 Å². The van der Waals surface area contributed by atoms with Crippen molar-refractivity contribution in [3.63, 3.8) is 0 Å². The lowest BCUT2D eigenvalue weighted by atomic mass is 9.99. The van der Waals surface area contributed by atoms with Gasteiger partial charge in [0.1, 0.15) is 24.4 Å². The van der Waals surface area contributed by atoms with E-state index in [9.17, 15) is 30.3 Å². The summed E-state index contributed by atoms with van der Waals surface area (Å²) in [6.07, 6.45) is 75.7. The van der Waals surface area contributed by atoms with E-state index in [0.29, 0.717) is 6.42 Å². The summed E-state index contributed by atoms with van der Waals surface area (Å²) in [5.41, 5.74) is 0. The first-order chi connectivity index (χ1) is 38.8. The largest absolute Gasteiger partial charge is 0.394 e. The number of unbranched alkanes of at least 4 members (excludes halogenated alkanes) is 38. The lowest BCUT2D eigenvalue weighted by molar-refractivity contribution is -0.302. The van der Waals surface area contributed by atoms with Crippen molar-refractivity contribution in [2.45, 2.75) is 352 Å². The number of ether oxygens (including phenoxy) is 2. The number of rotatable bonds is 58. The minimum absolute atomic E-state index is 0.190. The SMILES string of the molecule is CCCCCCC/C=C\C/C=C\C/C=C\CCCCCCCCCCCCCCCCC(=O)NC(COC1OC(CO)C(O)C(O)C1O)C(O)/C=C/CC/C=C/CC/C=C/CCCCCCCCCCCCCCCCCCC. The van der Waals surface area contributed by atoms with Gasteiger partial charge in [0, 0.05) is 6.42 Å². The van der Waals surface area contributed by atoms with Crippen LogP contribution in [0.4, 0.5) is 0 Å². The van der Waals surface area contributed by atoms with E-state index in [0.717, 1.165) is 57.8 Å². The van der Waals surface area contributed by atoms with Crippen molar-refractivity contribution in [2.24, 2.45) is 0 Å². The van der Waals surface area contributed by atoms with Crippen LogP contribution in [-0.4, -0.2) is 87.5 Å². The van der Waals surface area contributed by atoms with Gasteiger partial charge in [-0.2, -0.15) is 0 Å². The minimum atomic E-state index is -1.58. The molecule has 79 heavy (non-hydrogen) atoms. The van der Waals surface area contributed by atoms with Gasteiger partial charge in [-0.05, 0) is 83.5 Å². The summed E-state index contributed by atoms with van der Waals surface area (Å²) < 4.78 is 11.3. The molecule has 0 aliphatic carbocycles. The van der Waals surface area contributed by atoms with E-state index in [4.69, 9.17) is 9.47 Å². The third kappa shape index (κ3) is 47.8. The van der Waals surface area contributed by atoms with Crippen molar-refractivity contribution in [3.05, 3.63) is 72.9 Å². The molecule has 7 atom stereocenters. The van der Waals surface area contributed by atoms with E-state index in [-0.39, 0.29) is 12.5 Å². The lowest BCUT2D eigenvalue weighted by Crippen LogP contribution is -2.60. The second-order valence-electron chi connectivity index (χ2n) is 23.2. The first-order valence-corrected chi connectivity index (χ1v) is 33.7. The molecule has 7 unspecified atom stereocenters. The van der Waals surface area contributed by atoms with Gasteiger partial charge in [0.05, 0.1) is 25.4 Å².